The van der Waals surface area contributed by atoms with E-state index in [4.69, 9.17) is 5.11 Å². The van der Waals surface area contributed by atoms with Gasteiger partial charge in [0.1, 0.15) is 0 Å². The molecule has 0 aromatic heterocycles. The fourth-order valence-corrected chi connectivity index (χ4v) is 1.87. The molecule has 0 unspecified atom stereocenters. The Morgan fingerprint density at radius 3 is 2.47 bits per heavy atom. The van der Waals surface area contributed by atoms with Crippen molar-refractivity contribution in [2.24, 2.45) is 0 Å². The minimum Gasteiger partial charge on any atom is -0.505 e. The molecule has 1 aromatic carbocycles. The lowest BCUT2D eigenvalue weighted by Gasteiger charge is -2.27. The van der Waals surface area contributed by atoms with Crippen LogP contribution in [0.2, 0.25) is 0 Å². The highest BCUT2D eigenvalue weighted by Gasteiger charge is 2.21. The molecule has 0 radical (unpaired) electrons. The highest BCUT2D eigenvalue weighted by atomic mass is 19.2. The molecule has 2 N–H and O–H groups in total. The van der Waals surface area contributed by atoms with E-state index in [0.29, 0.717) is 19.2 Å². The SMILES string of the molecule is Oc1cc(F)c(F)c(CN2CCNCC2)c1F. The van der Waals surface area contributed by atoms with Crippen LogP contribution >= 0.6 is 0 Å². The summed E-state index contributed by atoms with van der Waals surface area (Å²) in [7, 11) is 0. The van der Waals surface area contributed by atoms with E-state index in [-0.39, 0.29) is 6.54 Å². The van der Waals surface area contributed by atoms with Gasteiger partial charge in [-0.05, 0) is 0 Å². The Balaban J connectivity index is 2.24. The lowest BCUT2D eigenvalue weighted by atomic mass is 10.1. The van der Waals surface area contributed by atoms with Crippen molar-refractivity contribution in [1.82, 2.24) is 10.2 Å². The predicted octanol–water partition coefficient (Wildman–Crippen LogP) is 1.21. The molecule has 1 saturated heterocycles. The molecule has 94 valence electrons. The third-order valence-electron chi connectivity index (χ3n) is 2.82. The molecule has 0 amide bonds. The minimum absolute atomic E-state index is 0.0370. The first-order valence-electron chi connectivity index (χ1n) is 5.38. The van der Waals surface area contributed by atoms with Crippen molar-refractivity contribution in [1.29, 1.82) is 0 Å². The van der Waals surface area contributed by atoms with Crippen LogP contribution < -0.4 is 5.32 Å². The van der Waals surface area contributed by atoms with E-state index in [9.17, 15) is 13.2 Å². The number of nitrogens with zero attached hydrogens (tertiary/aromatic N) is 1. The predicted molar refractivity (Wildman–Crippen MR) is 56.1 cm³/mol. The molecular formula is C11H13F3N2O. The largest absolute Gasteiger partial charge is 0.505 e. The summed E-state index contributed by atoms with van der Waals surface area (Å²) in [5.74, 6) is -4.38. The van der Waals surface area contributed by atoms with E-state index in [0.717, 1.165) is 13.1 Å². The summed E-state index contributed by atoms with van der Waals surface area (Å²) in [6, 6.07) is 0.450. The number of benzene rings is 1. The number of halogens is 3. The molecule has 0 bridgehead atoms. The van der Waals surface area contributed by atoms with Crippen molar-refractivity contribution in [2.45, 2.75) is 6.54 Å². The van der Waals surface area contributed by atoms with Gasteiger partial charge < -0.3 is 10.4 Å². The highest BCUT2D eigenvalue weighted by molar-refractivity contribution is 5.32. The van der Waals surface area contributed by atoms with E-state index in [2.05, 4.69) is 5.32 Å². The number of nitrogens with one attached hydrogen (secondary N) is 1. The molecule has 2 rings (SSSR count). The first kappa shape index (κ1) is 12.2. The molecule has 0 aliphatic carbocycles. The van der Waals surface area contributed by atoms with E-state index in [1.165, 1.54) is 0 Å². The Hall–Kier alpha value is -1.27. The van der Waals surface area contributed by atoms with Gasteiger partial charge in [0.2, 0.25) is 0 Å². The average Bonchev–Trinajstić information content (AvgIpc) is 2.33. The second-order valence-corrected chi connectivity index (χ2v) is 4.01. The molecular weight excluding hydrogens is 233 g/mol. The van der Waals surface area contributed by atoms with Gasteiger partial charge in [0.25, 0.3) is 0 Å². The van der Waals surface area contributed by atoms with Crippen molar-refractivity contribution >= 4 is 0 Å². The Morgan fingerprint density at radius 2 is 1.82 bits per heavy atom. The summed E-state index contributed by atoms with van der Waals surface area (Å²) in [6.45, 7) is 2.69. The van der Waals surface area contributed by atoms with Gasteiger partial charge in [-0.3, -0.25) is 4.90 Å². The normalized spacial score (nSPS) is 17.4. The van der Waals surface area contributed by atoms with Gasteiger partial charge in [-0.2, -0.15) is 0 Å². The maximum atomic E-state index is 13.5. The van der Waals surface area contributed by atoms with Crippen LogP contribution in [0.5, 0.6) is 5.75 Å². The number of hydrogen-bond acceptors (Lipinski definition) is 3. The Kier molecular flexibility index (Phi) is 3.54. The zero-order valence-corrected chi connectivity index (χ0v) is 9.14. The van der Waals surface area contributed by atoms with Crippen LogP contribution in [0.25, 0.3) is 0 Å². The molecule has 1 heterocycles. The zero-order chi connectivity index (χ0) is 12.4. The van der Waals surface area contributed by atoms with Gasteiger partial charge in [0, 0.05) is 44.4 Å². The molecule has 1 fully saturated rings. The molecule has 0 spiro atoms. The number of phenolic OH excluding ortho intramolecular Hbond substituents is 1. The summed E-state index contributed by atoms with van der Waals surface area (Å²) < 4.78 is 40.0. The number of aromatic hydroxyl groups is 1. The summed E-state index contributed by atoms with van der Waals surface area (Å²) >= 11 is 0. The lowest BCUT2D eigenvalue weighted by molar-refractivity contribution is 0.225. The number of piperazine rings is 1. The summed E-state index contributed by atoms with van der Waals surface area (Å²) in [6.07, 6.45) is 0. The first-order valence-corrected chi connectivity index (χ1v) is 5.38. The van der Waals surface area contributed by atoms with Crippen LogP contribution in [0.1, 0.15) is 5.56 Å². The van der Waals surface area contributed by atoms with Crippen LogP contribution in [0, 0.1) is 17.5 Å². The van der Waals surface area contributed by atoms with E-state index >= 15 is 0 Å². The fraction of sp³-hybridized carbons (Fsp3) is 0.455. The van der Waals surface area contributed by atoms with Crippen LogP contribution in [0.3, 0.4) is 0 Å². The van der Waals surface area contributed by atoms with Crippen LogP contribution in [0.15, 0.2) is 6.07 Å². The second-order valence-electron chi connectivity index (χ2n) is 4.01. The van der Waals surface area contributed by atoms with E-state index < -0.39 is 28.8 Å². The van der Waals surface area contributed by atoms with Gasteiger partial charge in [-0.1, -0.05) is 0 Å². The van der Waals surface area contributed by atoms with Crippen LogP contribution in [-0.2, 0) is 6.54 Å². The smallest absolute Gasteiger partial charge is 0.172 e. The first-order chi connectivity index (χ1) is 8.09. The molecule has 6 heteroatoms. The van der Waals surface area contributed by atoms with Crippen molar-refractivity contribution in [2.75, 3.05) is 26.2 Å². The van der Waals surface area contributed by atoms with Crippen molar-refractivity contribution in [3.8, 4) is 5.75 Å². The van der Waals surface area contributed by atoms with Gasteiger partial charge in [0.15, 0.2) is 23.2 Å². The third-order valence-corrected chi connectivity index (χ3v) is 2.82. The molecule has 17 heavy (non-hydrogen) atoms. The summed E-state index contributed by atoms with van der Waals surface area (Å²) in [4.78, 5) is 1.80. The zero-order valence-electron chi connectivity index (χ0n) is 9.14. The fourth-order valence-electron chi connectivity index (χ4n) is 1.87. The number of hydrogen-bond donors (Lipinski definition) is 2. The number of phenols is 1. The molecule has 1 aliphatic heterocycles. The topological polar surface area (TPSA) is 35.5 Å². The van der Waals surface area contributed by atoms with Crippen molar-refractivity contribution in [3.05, 3.63) is 29.1 Å². The lowest BCUT2D eigenvalue weighted by Crippen LogP contribution is -2.43. The van der Waals surface area contributed by atoms with Gasteiger partial charge in [0.05, 0.1) is 0 Å². The van der Waals surface area contributed by atoms with E-state index in [1.807, 2.05) is 0 Å². The monoisotopic (exact) mass is 246 g/mol. The second kappa shape index (κ2) is 4.93. The number of rotatable bonds is 2. The standard InChI is InChI=1S/C11H13F3N2O/c12-8-5-9(17)11(14)7(10(8)13)6-16-3-1-15-2-4-16/h5,15,17H,1-4,6H2. The Morgan fingerprint density at radius 1 is 1.18 bits per heavy atom. The molecule has 1 aliphatic rings. The molecule has 0 saturated carbocycles. The third kappa shape index (κ3) is 2.53. The maximum Gasteiger partial charge on any atom is 0.172 e. The highest BCUT2D eigenvalue weighted by Crippen LogP contribution is 2.25. The summed E-state index contributed by atoms with van der Waals surface area (Å²) in [5.41, 5.74) is -0.413. The Bertz CT molecular complexity index is 393. The van der Waals surface area contributed by atoms with E-state index in [1.54, 1.807) is 4.90 Å². The van der Waals surface area contributed by atoms with Gasteiger partial charge in [-0.15, -0.1) is 0 Å². The average molecular weight is 246 g/mol. The molecule has 0 atom stereocenters. The van der Waals surface area contributed by atoms with Gasteiger partial charge in [-0.25, -0.2) is 13.2 Å². The Labute approximate surface area is 96.9 Å². The van der Waals surface area contributed by atoms with Crippen molar-refractivity contribution < 1.29 is 18.3 Å². The molecule has 3 nitrogen and oxygen atoms in total. The van der Waals surface area contributed by atoms with Crippen LogP contribution in [0.4, 0.5) is 13.2 Å². The summed E-state index contributed by atoms with van der Waals surface area (Å²) in [5, 5.41) is 12.2. The minimum atomic E-state index is -1.23. The quantitative estimate of drug-likeness (QED) is 0.770. The van der Waals surface area contributed by atoms with Crippen LogP contribution in [-0.4, -0.2) is 36.2 Å². The maximum absolute atomic E-state index is 13.5. The van der Waals surface area contributed by atoms with Crippen molar-refractivity contribution in [3.63, 3.8) is 0 Å². The molecule has 1 aromatic rings. The van der Waals surface area contributed by atoms with Gasteiger partial charge >= 0.3 is 0 Å².